The van der Waals surface area contributed by atoms with Crippen molar-refractivity contribution >= 4 is 5.97 Å². The highest BCUT2D eigenvalue weighted by molar-refractivity contribution is 5.77. The molecule has 178 valence electrons. The molecule has 4 rings (SSSR count). The lowest BCUT2D eigenvalue weighted by Gasteiger charge is -2.57. The predicted molar refractivity (Wildman–Crippen MR) is 128 cm³/mol. The smallest absolute Gasteiger partial charge is 0.311 e. The van der Waals surface area contributed by atoms with Crippen molar-refractivity contribution in [2.24, 2.45) is 22.7 Å². The second-order valence-electron chi connectivity index (χ2n) is 11.3. The van der Waals surface area contributed by atoms with E-state index in [4.69, 9.17) is 9.15 Å². The lowest BCUT2D eigenvalue weighted by Crippen LogP contribution is -2.53. The van der Waals surface area contributed by atoms with Crippen LogP contribution in [0.4, 0.5) is 0 Å². The molecule has 2 aliphatic carbocycles. The van der Waals surface area contributed by atoms with Crippen LogP contribution in [0.2, 0.25) is 0 Å². The van der Waals surface area contributed by atoms with Crippen molar-refractivity contribution in [3.63, 3.8) is 0 Å². The number of hydrogen-bond donors (Lipinski definition) is 0. The Kier molecular flexibility index (Phi) is 6.91. The lowest BCUT2D eigenvalue weighted by atomic mass is 9.46. The molecule has 1 aromatic heterocycles. The summed E-state index contributed by atoms with van der Waals surface area (Å²) >= 11 is 0. The first-order valence-corrected chi connectivity index (χ1v) is 12.8. The van der Waals surface area contributed by atoms with Crippen LogP contribution in [0, 0.1) is 22.7 Å². The van der Waals surface area contributed by atoms with E-state index in [0.717, 1.165) is 50.8 Å². The first-order chi connectivity index (χ1) is 15.3. The van der Waals surface area contributed by atoms with E-state index in [1.54, 1.807) is 7.11 Å². The number of carbonyl (C=O) groups excluding carboxylic acids is 1. The third kappa shape index (κ3) is 4.20. The summed E-state index contributed by atoms with van der Waals surface area (Å²) in [7, 11) is 1.54. The van der Waals surface area contributed by atoms with Crippen molar-refractivity contribution in [1.29, 1.82) is 0 Å². The van der Waals surface area contributed by atoms with E-state index < -0.39 is 0 Å². The number of allylic oxidation sites excluding steroid dienone is 1. The molecule has 0 radical (unpaired) electrons. The largest absolute Gasteiger partial charge is 0.469 e. The fourth-order valence-electron chi connectivity index (χ4n) is 7.57. The Hall–Kier alpha value is -1.55. The second kappa shape index (κ2) is 9.37. The number of nitrogens with zero attached hydrogens (tertiary/aromatic N) is 1. The second-order valence-corrected chi connectivity index (χ2v) is 11.3. The van der Waals surface area contributed by atoms with E-state index >= 15 is 0 Å². The number of methoxy groups -OCH3 is 1. The molecular weight excluding hydrogens is 398 g/mol. The Balaban J connectivity index is 1.49. The van der Waals surface area contributed by atoms with Crippen LogP contribution in [-0.2, 0) is 22.5 Å². The highest BCUT2D eigenvalue weighted by Gasteiger charge is 2.57. The third-order valence-electron chi connectivity index (χ3n) is 9.50. The lowest BCUT2D eigenvalue weighted by molar-refractivity contribution is -0.168. The van der Waals surface area contributed by atoms with Crippen LogP contribution in [-0.4, -0.2) is 30.6 Å². The Labute approximate surface area is 194 Å². The van der Waals surface area contributed by atoms with Crippen LogP contribution in [0.1, 0.15) is 89.9 Å². The van der Waals surface area contributed by atoms with Crippen molar-refractivity contribution < 1.29 is 13.9 Å². The van der Waals surface area contributed by atoms with Crippen LogP contribution in [0.3, 0.4) is 0 Å². The molecule has 3 aliphatic rings. The van der Waals surface area contributed by atoms with Gasteiger partial charge in [0.15, 0.2) is 0 Å². The number of ether oxygens (including phenoxy) is 1. The molecule has 1 saturated heterocycles. The predicted octanol–water partition coefficient (Wildman–Crippen LogP) is 6.54. The van der Waals surface area contributed by atoms with Crippen LogP contribution in [0.25, 0.3) is 0 Å². The minimum absolute atomic E-state index is 0.0209. The number of piperidine rings is 1. The van der Waals surface area contributed by atoms with Gasteiger partial charge in [-0.05, 0) is 101 Å². The molecule has 32 heavy (non-hydrogen) atoms. The van der Waals surface area contributed by atoms with Crippen molar-refractivity contribution in [1.82, 2.24) is 4.90 Å². The van der Waals surface area contributed by atoms with E-state index in [2.05, 4.69) is 38.3 Å². The van der Waals surface area contributed by atoms with Crippen molar-refractivity contribution in [2.45, 2.75) is 97.6 Å². The molecule has 4 nitrogen and oxygen atoms in total. The number of aryl methyl sites for hydroxylation is 1. The Morgan fingerprint density at radius 2 is 2.06 bits per heavy atom. The summed E-state index contributed by atoms with van der Waals surface area (Å²) in [5.74, 6) is 1.93. The summed E-state index contributed by atoms with van der Waals surface area (Å²) in [6.07, 6.45) is 13.2. The summed E-state index contributed by atoms with van der Waals surface area (Å²) < 4.78 is 11.3. The number of furan rings is 1. The molecular formula is C28H43NO3. The maximum absolute atomic E-state index is 12.8. The van der Waals surface area contributed by atoms with Gasteiger partial charge in [0.25, 0.3) is 0 Å². The van der Waals surface area contributed by atoms with Gasteiger partial charge in [-0.1, -0.05) is 31.9 Å². The van der Waals surface area contributed by atoms with Gasteiger partial charge in [0.05, 0.1) is 25.3 Å². The number of likely N-dealkylation sites (tertiary alicyclic amines) is 1. The standard InChI is InChI=1S/C28H43NO3/c1-20-10-13-25-27(3,15-8-16-28(25,4)26(30)31-5)23(20)12-11-22-14-18-32-24(22)19-29-17-7-6-9-21(29)2/h14,18,21,23,25H,1,6-13,15-17,19H2,2-5H3/t21-,23+,25+,27-,28+/m1/s1. The molecule has 5 atom stereocenters. The van der Waals surface area contributed by atoms with E-state index in [1.807, 2.05) is 6.26 Å². The van der Waals surface area contributed by atoms with Gasteiger partial charge in [-0.2, -0.15) is 0 Å². The topological polar surface area (TPSA) is 42.7 Å². The quantitative estimate of drug-likeness (QED) is 0.371. The maximum Gasteiger partial charge on any atom is 0.311 e. The Bertz CT molecular complexity index is 828. The fraction of sp³-hybridized carbons (Fsp3) is 0.750. The minimum Gasteiger partial charge on any atom is -0.469 e. The molecule has 0 unspecified atom stereocenters. The molecule has 0 N–H and O–H groups in total. The summed E-state index contributed by atoms with van der Waals surface area (Å²) in [5.41, 5.74) is 2.48. The van der Waals surface area contributed by atoms with Gasteiger partial charge in [0, 0.05) is 6.04 Å². The summed E-state index contributed by atoms with van der Waals surface area (Å²) in [5, 5.41) is 0. The van der Waals surface area contributed by atoms with E-state index in [9.17, 15) is 4.79 Å². The van der Waals surface area contributed by atoms with Crippen molar-refractivity contribution in [3.8, 4) is 0 Å². The van der Waals surface area contributed by atoms with Gasteiger partial charge in [-0.3, -0.25) is 9.69 Å². The molecule has 2 saturated carbocycles. The molecule has 1 aliphatic heterocycles. The first-order valence-electron chi connectivity index (χ1n) is 12.8. The van der Waals surface area contributed by atoms with Crippen LogP contribution in [0.15, 0.2) is 28.9 Å². The van der Waals surface area contributed by atoms with Crippen LogP contribution < -0.4 is 0 Å². The molecule has 3 fully saturated rings. The van der Waals surface area contributed by atoms with Gasteiger partial charge in [0.2, 0.25) is 0 Å². The molecule has 4 heteroatoms. The molecule has 1 aromatic rings. The van der Waals surface area contributed by atoms with Crippen molar-refractivity contribution in [2.75, 3.05) is 13.7 Å². The zero-order valence-electron chi connectivity index (χ0n) is 20.8. The molecule has 0 spiro atoms. The monoisotopic (exact) mass is 441 g/mol. The molecule has 2 heterocycles. The van der Waals surface area contributed by atoms with Crippen LogP contribution >= 0.6 is 0 Å². The number of rotatable bonds is 6. The first kappa shape index (κ1) is 23.6. The molecule has 0 amide bonds. The van der Waals surface area contributed by atoms with Gasteiger partial charge in [-0.15, -0.1) is 0 Å². The zero-order valence-corrected chi connectivity index (χ0v) is 20.8. The number of hydrogen-bond acceptors (Lipinski definition) is 4. The Morgan fingerprint density at radius 1 is 1.25 bits per heavy atom. The van der Waals surface area contributed by atoms with Gasteiger partial charge in [0.1, 0.15) is 5.76 Å². The maximum atomic E-state index is 12.8. The fourth-order valence-corrected chi connectivity index (χ4v) is 7.57. The minimum atomic E-state index is -0.369. The van der Waals surface area contributed by atoms with E-state index in [1.165, 1.54) is 43.4 Å². The molecule has 0 bridgehead atoms. The average Bonchev–Trinajstić information content (AvgIpc) is 3.21. The van der Waals surface area contributed by atoms with E-state index in [0.29, 0.717) is 17.9 Å². The van der Waals surface area contributed by atoms with Gasteiger partial charge >= 0.3 is 5.97 Å². The van der Waals surface area contributed by atoms with Crippen molar-refractivity contribution in [3.05, 3.63) is 35.8 Å². The number of fused-ring (bicyclic) bond motifs is 1. The number of carbonyl (C=O) groups is 1. The summed E-state index contributed by atoms with van der Waals surface area (Å²) in [4.78, 5) is 15.4. The zero-order chi connectivity index (χ0) is 22.9. The number of esters is 1. The average molecular weight is 442 g/mol. The molecule has 0 aromatic carbocycles. The Morgan fingerprint density at radius 3 is 2.81 bits per heavy atom. The van der Waals surface area contributed by atoms with Crippen LogP contribution in [0.5, 0.6) is 0 Å². The highest BCUT2D eigenvalue weighted by atomic mass is 16.5. The highest BCUT2D eigenvalue weighted by Crippen LogP contribution is 2.62. The summed E-state index contributed by atoms with van der Waals surface area (Å²) in [6, 6.07) is 2.81. The normalized spacial score (nSPS) is 36.0. The van der Waals surface area contributed by atoms with Gasteiger partial charge < -0.3 is 9.15 Å². The third-order valence-corrected chi connectivity index (χ3v) is 9.50. The SMILES string of the molecule is C=C1CC[C@H]2[C@](C)(CCC[C@]2(C)C(=O)OC)[C@H]1CCc1ccoc1CN1CCCC[C@H]1C. The summed E-state index contributed by atoms with van der Waals surface area (Å²) in [6.45, 7) is 13.5. The van der Waals surface area contributed by atoms with Gasteiger partial charge in [-0.25, -0.2) is 0 Å². The van der Waals surface area contributed by atoms with E-state index in [-0.39, 0.29) is 16.8 Å².